The Morgan fingerprint density at radius 2 is 1.86 bits per heavy atom. The number of hydrogen-bond acceptors (Lipinski definition) is 6. The molecule has 0 aliphatic carbocycles. The van der Waals surface area contributed by atoms with Crippen LogP contribution in [0, 0.1) is 0 Å². The zero-order valence-corrected chi connectivity index (χ0v) is 20.9. The van der Waals surface area contributed by atoms with Crippen molar-refractivity contribution < 1.29 is 22.7 Å². The molecule has 0 saturated carbocycles. The van der Waals surface area contributed by atoms with E-state index in [1.165, 1.54) is 34.9 Å². The number of benzene rings is 3. The van der Waals surface area contributed by atoms with Crippen molar-refractivity contribution in [3.8, 4) is 11.5 Å². The Kier molecular flexibility index (Phi) is 6.12. The van der Waals surface area contributed by atoms with Crippen molar-refractivity contribution in [1.82, 2.24) is 0 Å². The molecule has 1 aliphatic heterocycles. The molecule has 2 heterocycles. The molecule has 7 nitrogen and oxygen atoms in total. The van der Waals surface area contributed by atoms with Crippen LogP contribution in [0.1, 0.15) is 16.6 Å². The molecule has 0 radical (unpaired) electrons. The average Bonchev–Trinajstić information content (AvgIpc) is 3.32. The van der Waals surface area contributed by atoms with Crippen LogP contribution < -0.4 is 18.7 Å². The van der Waals surface area contributed by atoms with Crippen molar-refractivity contribution in [3.05, 3.63) is 77.7 Å². The molecule has 180 valence electrons. The number of carbonyl (C=O) groups is 1. The second-order valence-electron chi connectivity index (χ2n) is 7.95. The molecule has 0 fully saturated rings. The predicted octanol–water partition coefficient (Wildman–Crippen LogP) is 5.16. The number of amides is 1. The molecule has 1 aromatic heterocycles. The molecule has 0 unspecified atom stereocenters. The van der Waals surface area contributed by atoms with Crippen LogP contribution >= 0.6 is 11.3 Å². The summed E-state index contributed by atoms with van der Waals surface area (Å²) in [4.78, 5) is 15.9. The first-order valence-corrected chi connectivity index (χ1v) is 13.4. The molecule has 5 rings (SSSR count). The normalized spacial score (nSPS) is 13.3. The Morgan fingerprint density at radius 1 is 1.09 bits per heavy atom. The highest BCUT2D eigenvalue weighted by molar-refractivity contribution is 7.92. The van der Waals surface area contributed by atoms with E-state index in [-0.39, 0.29) is 17.3 Å². The second-order valence-corrected chi connectivity index (χ2v) is 10.9. The van der Waals surface area contributed by atoms with E-state index in [0.29, 0.717) is 35.2 Å². The Hall–Kier alpha value is -3.56. The largest absolute Gasteiger partial charge is 0.497 e. The molecule has 0 saturated heterocycles. The third-order valence-corrected chi connectivity index (χ3v) is 8.93. The number of anilines is 2. The van der Waals surface area contributed by atoms with Gasteiger partial charge in [0, 0.05) is 11.2 Å². The lowest BCUT2D eigenvalue weighted by molar-refractivity contribution is 0.0980. The number of carbonyl (C=O) groups excluding carboxylic acids is 1. The van der Waals surface area contributed by atoms with E-state index >= 15 is 0 Å². The minimum absolute atomic E-state index is 0.0956. The zero-order valence-electron chi connectivity index (χ0n) is 19.3. The van der Waals surface area contributed by atoms with Crippen LogP contribution in [0.25, 0.3) is 10.1 Å². The van der Waals surface area contributed by atoms with Crippen LogP contribution in [-0.4, -0.2) is 41.1 Å². The van der Waals surface area contributed by atoms with Gasteiger partial charge in [-0.1, -0.05) is 12.1 Å². The van der Waals surface area contributed by atoms with Crippen molar-refractivity contribution in [2.75, 3.05) is 36.0 Å². The standard InChI is InChI=1S/C26H24N2O5S2/c1-3-28(35(30,31)21-11-9-20(32-2)10-12-21)19-8-13-24-18(16-19)17-25(34-24)26(29)27-14-15-33-23-7-5-4-6-22(23)27/h4-13,16-17H,3,14-15H2,1-2H3. The number of fused-ring (bicyclic) bond motifs is 2. The minimum Gasteiger partial charge on any atom is -0.497 e. The minimum atomic E-state index is -3.77. The highest BCUT2D eigenvalue weighted by Gasteiger charge is 2.27. The molecule has 1 amide bonds. The summed E-state index contributed by atoms with van der Waals surface area (Å²) >= 11 is 1.40. The van der Waals surface area contributed by atoms with Crippen molar-refractivity contribution in [2.24, 2.45) is 0 Å². The molecule has 0 bridgehead atoms. The van der Waals surface area contributed by atoms with Crippen LogP contribution in [0.3, 0.4) is 0 Å². The van der Waals surface area contributed by atoms with Gasteiger partial charge in [-0.25, -0.2) is 8.42 Å². The smallest absolute Gasteiger partial charge is 0.268 e. The van der Waals surface area contributed by atoms with Crippen LogP contribution in [0.15, 0.2) is 77.7 Å². The van der Waals surface area contributed by atoms with E-state index in [4.69, 9.17) is 9.47 Å². The average molecular weight is 509 g/mol. The van der Waals surface area contributed by atoms with Crippen LogP contribution in [-0.2, 0) is 10.0 Å². The zero-order chi connectivity index (χ0) is 24.6. The maximum Gasteiger partial charge on any atom is 0.268 e. The number of rotatable bonds is 6. The maximum atomic E-state index is 13.4. The lowest BCUT2D eigenvalue weighted by atomic mass is 10.2. The van der Waals surface area contributed by atoms with Gasteiger partial charge in [0.2, 0.25) is 0 Å². The summed E-state index contributed by atoms with van der Waals surface area (Å²) in [6, 6.07) is 21.1. The van der Waals surface area contributed by atoms with Crippen molar-refractivity contribution in [3.63, 3.8) is 0 Å². The van der Waals surface area contributed by atoms with Gasteiger partial charge in [-0.3, -0.25) is 9.10 Å². The Labute approximate surface area is 208 Å². The molecular weight excluding hydrogens is 484 g/mol. The number of thiophene rings is 1. The fourth-order valence-electron chi connectivity index (χ4n) is 4.17. The van der Waals surface area contributed by atoms with E-state index < -0.39 is 10.0 Å². The van der Waals surface area contributed by atoms with Gasteiger partial charge in [0.15, 0.2) is 0 Å². The van der Waals surface area contributed by atoms with Gasteiger partial charge in [-0.2, -0.15) is 0 Å². The first-order chi connectivity index (χ1) is 16.9. The number of sulfonamides is 1. The number of ether oxygens (including phenoxy) is 2. The van der Waals surface area contributed by atoms with Crippen molar-refractivity contribution in [2.45, 2.75) is 11.8 Å². The third kappa shape index (κ3) is 4.21. The van der Waals surface area contributed by atoms with Crippen LogP contribution in [0.4, 0.5) is 11.4 Å². The molecule has 4 aromatic rings. The van der Waals surface area contributed by atoms with E-state index in [2.05, 4.69) is 0 Å². The topological polar surface area (TPSA) is 76.2 Å². The summed E-state index contributed by atoms with van der Waals surface area (Å²) in [7, 11) is -2.23. The van der Waals surface area contributed by atoms with E-state index in [0.717, 1.165) is 15.8 Å². The maximum absolute atomic E-state index is 13.4. The molecule has 35 heavy (non-hydrogen) atoms. The summed E-state index contributed by atoms with van der Waals surface area (Å²) in [6.45, 7) is 2.97. The Bertz CT molecular complexity index is 1500. The summed E-state index contributed by atoms with van der Waals surface area (Å²) < 4.78 is 39.8. The summed E-state index contributed by atoms with van der Waals surface area (Å²) in [6.07, 6.45) is 0. The van der Waals surface area contributed by atoms with E-state index in [9.17, 15) is 13.2 Å². The van der Waals surface area contributed by atoms with Gasteiger partial charge in [-0.05, 0) is 73.0 Å². The molecule has 3 aromatic carbocycles. The number of methoxy groups -OCH3 is 1. The SMILES string of the molecule is CCN(c1ccc2sc(C(=O)N3CCOc4ccccc43)cc2c1)S(=O)(=O)c1ccc(OC)cc1. The molecule has 9 heteroatoms. The Balaban J connectivity index is 1.47. The molecule has 0 spiro atoms. The molecule has 0 atom stereocenters. The monoisotopic (exact) mass is 508 g/mol. The number of para-hydroxylation sites is 2. The van der Waals surface area contributed by atoms with Crippen molar-refractivity contribution in [1.29, 1.82) is 0 Å². The fraction of sp³-hybridized carbons (Fsp3) is 0.192. The highest BCUT2D eigenvalue weighted by atomic mass is 32.2. The lowest BCUT2D eigenvalue weighted by Crippen LogP contribution is -2.37. The van der Waals surface area contributed by atoms with Crippen LogP contribution in [0.2, 0.25) is 0 Å². The number of nitrogens with zero attached hydrogens (tertiary/aromatic N) is 2. The van der Waals surface area contributed by atoms with Gasteiger partial charge >= 0.3 is 0 Å². The lowest BCUT2D eigenvalue weighted by Gasteiger charge is -2.29. The summed E-state index contributed by atoms with van der Waals surface area (Å²) in [5, 5.41) is 0.820. The van der Waals surface area contributed by atoms with Crippen molar-refractivity contribution >= 4 is 48.7 Å². The molecular formula is C26H24N2O5S2. The van der Waals surface area contributed by atoms with Gasteiger partial charge in [-0.15, -0.1) is 11.3 Å². The van der Waals surface area contributed by atoms with Gasteiger partial charge in [0.25, 0.3) is 15.9 Å². The van der Waals surface area contributed by atoms with E-state index in [1.54, 1.807) is 30.0 Å². The fourth-order valence-corrected chi connectivity index (χ4v) is 6.63. The molecule has 0 N–H and O–H groups in total. The first kappa shape index (κ1) is 23.2. The quantitative estimate of drug-likeness (QED) is 0.359. The van der Waals surface area contributed by atoms with Gasteiger partial charge < -0.3 is 14.4 Å². The summed E-state index contributed by atoms with van der Waals surface area (Å²) in [5.41, 5.74) is 1.30. The van der Waals surface area contributed by atoms with Crippen LogP contribution in [0.5, 0.6) is 11.5 Å². The first-order valence-electron chi connectivity index (χ1n) is 11.2. The highest BCUT2D eigenvalue weighted by Crippen LogP contribution is 2.36. The summed E-state index contributed by atoms with van der Waals surface area (Å²) in [5.74, 6) is 1.19. The number of hydrogen-bond donors (Lipinski definition) is 0. The third-order valence-electron chi connectivity index (χ3n) is 5.91. The predicted molar refractivity (Wildman–Crippen MR) is 139 cm³/mol. The van der Waals surface area contributed by atoms with Gasteiger partial charge in [0.05, 0.1) is 34.8 Å². The van der Waals surface area contributed by atoms with E-state index in [1.807, 2.05) is 42.5 Å². The van der Waals surface area contributed by atoms with Gasteiger partial charge in [0.1, 0.15) is 18.1 Å². The molecule has 1 aliphatic rings. The Morgan fingerprint density at radius 3 is 2.60 bits per heavy atom. The second kappa shape index (κ2) is 9.24.